The molecule has 0 aliphatic carbocycles. The molecule has 118 valence electrons. The van der Waals surface area contributed by atoms with E-state index in [0.29, 0.717) is 12.2 Å². The third-order valence-electron chi connectivity index (χ3n) is 4.23. The molecule has 1 fully saturated rings. The van der Waals surface area contributed by atoms with Gasteiger partial charge in [0.05, 0.1) is 12.3 Å². The van der Waals surface area contributed by atoms with Crippen LogP contribution in [0.3, 0.4) is 0 Å². The summed E-state index contributed by atoms with van der Waals surface area (Å²) in [6.45, 7) is 6.16. The number of aromatic amines is 1. The van der Waals surface area contributed by atoms with E-state index < -0.39 is 0 Å². The molecule has 3 rings (SSSR count). The molecule has 6 nitrogen and oxygen atoms in total. The van der Waals surface area contributed by atoms with E-state index in [1.807, 2.05) is 30.1 Å². The van der Waals surface area contributed by atoms with Gasteiger partial charge in [-0.05, 0) is 31.9 Å². The van der Waals surface area contributed by atoms with Gasteiger partial charge in [0.2, 0.25) is 0 Å². The molecule has 2 aromatic rings. The molecule has 6 heteroatoms. The minimum atomic E-state index is -0.0580. The van der Waals surface area contributed by atoms with Gasteiger partial charge >= 0.3 is 0 Å². The van der Waals surface area contributed by atoms with Crippen molar-refractivity contribution in [2.45, 2.75) is 32.9 Å². The van der Waals surface area contributed by atoms with Crippen molar-refractivity contribution < 1.29 is 9.53 Å². The Morgan fingerprint density at radius 1 is 1.59 bits per heavy atom. The summed E-state index contributed by atoms with van der Waals surface area (Å²) in [5.41, 5.74) is 2.69. The first-order valence-corrected chi connectivity index (χ1v) is 7.75. The first-order valence-electron chi connectivity index (χ1n) is 7.75. The monoisotopic (exact) mass is 302 g/mol. The summed E-state index contributed by atoms with van der Waals surface area (Å²) in [6.07, 6.45) is 6.64. The molecule has 1 saturated heterocycles. The van der Waals surface area contributed by atoms with Gasteiger partial charge < -0.3 is 15.0 Å². The zero-order chi connectivity index (χ0) is 15.5. The molecule has 1 aliphatic rings. The Kier molecular flexibility index (Phi) is 4.29. The molecule has 0 spiro atoms. The van der Waals surface area contributed by atoms with Crippen LogP contribution in [0.15, 0.2) is 24.7 Å². The van der Waals surface area contributed by atoms with E-state index in [-0.39, 0.29) is 17.9 Å². The van der Waals surface area contributed by atoms with E-state index in [2.05, 4.69) is 22.3 Å². The van der Waals surface area contributed by atoms with Crippen molar-refractivity contribution in [2.75, 3.05) is 13.2 Å². The molecule has 1 aliphatic heterocycles. The number of carbonyl (C=O) groups is 1. The van der Waals surface area contributed by atoms with Crippen molar-refractivity contribution in [1.29, 1.82) is 0 Å². The second-order valence-electron chi connectivity index (χ2n) is 5.72. The lowest BCUT2D eigenvalue weighted by Gasteiger charge is -2.17. The topological polar surface area (TPSA) is 71.9 Å². The van der Waals surface area contributed by atoms with E-state index in [9.17, 15) is 4.79 Å². The molecule has 2 aromatic heterocycles. The van der Waals surface area contributed by atoms with Gasteiger partial charge in [-0.15, -0.1) is 0 Å². The molecule has 22 heavy (non-hydrogen) atoms. The van der Waals surface area contributed by atoms with Gasteiger partial charge in [-0.3, -0.25) is 9.48 Å². The van der Waals surface area contributed by atoms with Crippen molar-refractivity contribution in [2.24, 2.45) is 5.92 Å². The van der Waals surface area contributed by atoms with E-state index in [1.165, 1.54) is 0 Å². The number of carbonyl (C=O) groups excluding carboxylic acids is 1. The molecular formula is C16H22N4O2. The quantitative estimate of drug-likeness (QED) is 0.888. The number of rotatable bonds is 5. The average Bonchev–Trinajstić information content (AvgIpc) is 3.24. The Balaban J connectivity index is 1.62. The number of nitrogens with zero attached hydrogens (tertiary/aromatic N) is 2. The predicted octanol–water partition coefficient (Wildman–Crippen LogP) is 2.05. The number of ether oxygens (including phenoxy) is 1. The van der Waals surface area contributed by atoms with Gasteiger partial charge in [0, 0.05) is 43.6 Å². The van der Waals surface area contributed by atoms with Crippen LogP contribution in [-0.2, 0) is 11.3 Å². The van der Waals surface area contributed by atoms with Crippen molar-refractivity contribution in [3.8, 4) is 0 Å². The molecule has 0 unspecified atom stereocenters. The molecular weight excluding hydrogens is 280 g/mol. The fourth-order valence-electron chi connectivity index (χ4n) is 2.91. The summed E-state index contributed by atoms with van der Waals surface area (Å²) in [4.78, 5) is 15.2. The fourth-order valence-corrected chi connectivity index (χ4v) is 2.91. The van der Waals surface area contributed by atoms with E-state index in [0.717, 1.165) is 30.7 Å². The summed E-state index contributed by atoms with van der Waals surface area (Å²) < 4.78 is 7.74. The summed E-state index contributed by atoms with van der Waals surface area (Å²) >= 11 is 0. The van der Waals surface area contributed by atoms with Crippen LogP contribution in [0.1, 0.15) is 41.1 Å². The van der Waals surface area contributed by atoms with Crippen LogP contribution in [0.5, 0.6) is 0 Å². The van der Waals surface area contributed by atoms with Crippen molar-refractivity contribution in [1.82, 2.24) is 20.1 Å². The first kappa shape index (κ1) is 14.8. The number of hydrogen-bond acceptors (Lipinski definition) is 3. The molecule has 1 amide bonds. The number of aryl methyl sites for hydroxylation is 2. The maximum Gasteiger partial charge on any atom is 0.267 e. The van der Waals surface area contributed by atoms with Crippen LogP contribution >= 0.6 is 0 Å². The fraction of sp³-hybridized carbons (Fsp3) is 0.500. The van der Waals surface area contributed by atoms with Crippen LogP contribution in [0.2, 0.25) is 0 Å². The van der Waals surface area contributed by atoms with Crippen LogP contribution < -0.4 is 5.32 Å². The molecule has 2 N–H and O–H groups in total. The number of nitrogens with one attached hydrogen (secondary N) is 2. The van der Waals surface area contributed by atoms with Crippen LogP contribution in [0.25, 0.3) is 0 Å². The van der Waals surface area contributed by atoms with Gasteiger partial charge in [-0.2, -0.15) is 5.10 Å². The first-order chi connectivity index (χ1) is 10.7. The molecule has 0 radical (unpaired) electrons. The highest BCUT2D eigenvalue weighted by Gasteiger charge is 2.31. The number of H-pyrrole nitrogens is 1. The zero-order valence-corrected chi connectivity index (χ0v) is 13.0. The average molecular weight is 302 g/mol. The highest BCUT2D eigenvalue weighted by Crippen LogP contribution is 2.33. The number of amides is 1. The Morgan fingerprint density at radius 3 is 3.14 bits per heavy atom. The summed E-state index contributed by atoms with van der Waals surface area (Å²) in [6, 6.07) is 1.90. The minimum Gasteiger partial charge on any atom is -0.373 e. The van der Waals surface area contributed by atoms with Gasteiger partial charge in [0.25, 0.3) is 5.91 Å². The lowest BCUT2D eigenvalue weighted by molar-refractivity contribution is 0.0843. The number of hydrogen-bond donors (Lipinski definition) is 2. The van der Waals surface area contributed by atoms with Gasteiger partial charge in [0.1, 0.15) is 5.69 Å². The van der Waals surface area contributed by atoms with Crippen LogP contribution in [0, 0.1) is 12.8 Å². The Bertz CT molecular complexity index is 646. The van der Waals surface area contributed by atoms with E-state index in [4.69, 9.17) is 4.74 Å². The molecule has 2 atom stereocenters. The largest absolute Gasteiger partial charge is 0.373 e. The van der Waals surface area contributed by atoms with E-state index >= 15 is 0 Å². The van der Waals surface area contributed by atoms with Gasteiger partial charge in [-0.1, -0.05) is 0 Å². The Hall–Kier alpha value is -2.08. The summed E-state index contributed by atoms with van der Waals surface area (Å²) in [5.74, 6) is 0.228. The van der Waals surface area contributed by atoms with Gasteiger partial charge in [0.15, 0.2) is 0 Å². The third-order valence-corrected chi connectivity index (χ3v) is 4.23. The Labute approximate surface area is 129 Å². The SMILES string of the molecule is CCn1cc([C@@H]2OCC[C@H]2CNC(=O)c2[nH]ccc2C)cn1. The second-order valence-corrected chi connectivity index (χ2v) is 5.72. The lowest BCUT2D eigenvalue weighted by Crippen LogP contribution is -2.31. The molecule has 0 bridgehead atoms. The molecule has 0 saturated carbocycles. The zero-order valence-electron chi connectivity index (χ0n) is 13.0. The van der Waals surface area contributed by atoms with Crippen molar-refractivity contribution in [3.63, 3.8) is 0 Å². The maximum absolute atomic E-state index is 12.2. The van der Waals surface area contributed by atoms with Crippen molar-refractivity contribution in [3.05, 3.63) is 41.5 Å². The lowest BCUT2D eigenvalue weighted by atomic mass is 9.97. The summed E-state index contributed by atoms with van der Waals surface area (Å²) in [5, 5.41) is 7.32. The Morgan fingerprint density at radius 2 is 2.45 bits per heavy atom. The predicted molar refractivity (Wildman–Crippen MR) is 82.6 cm³/mol. The summed E-state index contributed by atoms with van der Waals surface area (Å²) in [7, 11) is 0. The minimum absolute atomic E-state index is 0.0188. The van der Waals surface area contributed by atoms with Gasteiger partial charge in [-0.25, -0.2) is 0 Å². The van der Waals surface area contributed by atoms with E-state index in [1.54, 1.807) is 6.20 Å². The second kappa shape index (κ2) is 6.36. The third kappa shape index (κ3) is 2.92. The number of aromatic nitrogens is 3. The highest BCUT2D eigenvalue weighted by molar-refractivity contribution is 5.93. The van der Waals surface area contributed by atoms with Crippen molar-refractivity contribution >= 4 is 5.91 Å². The molecule has 3 heterocycles. The molecule has 0 aromatic carbocycles. The van der Waals surface area contributed by atoms with Crippen LogP contribution in [0.4, 0.5) is 0 Å². The smallest absolute Gasteiger partial charge is 0.267 e. The standard InChI is InChI=1S/C16H22N4O2/c1-3-20-10-13(9-19-20)15-12(5-7-22-15)8-18-16(21)14-11(2)4-6-17-14/h4,6,9-10,12,15,17H,3,5,7-8H2,1-2H3,(H,18,21)/t12-,15+/m0/s1. The maximum atomic E-state index is 12.2. The van der Waals surface area contributed by atoms with Crippen LogP contribution in [-0.4, -0.2) is 33.8 Å². The normalized spacial score (nSPS) is 21.2. The highest BCUT2D eigenvalue weighted by atomic mass is 16.5.